The number of likely N-dealkylation sites (tertiary alicyclic amines) is 1. The summed E-state index contributed by atoms with van der Waals surface area (Å²) >= 11 is 0. The van der Waals surface area contributed by atoms with E-state index in [1.165, 1.54) is 0 Å². The van der Waals surface area contributed by atoms with E-state index in [4.69, 9.17) is 4.74 Å². The van der Waals surface area contributed by atoms with Gasteiger partial charge in [-0.2, -0.15) is 0 Å². The molecule has 1 rings (SSSR count). The van der Waals surface area contributed by atoms with E-state index in [9.17, 15) is 4.79 Å². The highest BCUT2D eigenvalue weighted by Gasteiger charge is 2.32. The molecule has 0 spiro atoms. The summed E-state index contributed by atoms with van der Waals surface area (Å²) in [4.78, 5) is 13.9. The number of hydrogen-bond acceptors (Lipinski definition) is 2. The first-order chi connectivity index (χ1) is 6.57. The summed E-state index contributed by atoms with van der Waals surface area (Å²) in [5, 5.41) is 0. The normalized spacial score (nSPS) is 24.4. The van der Waals surface area contributed by atoms with E-state index in [1.807, 2.05) is 11.8 Å². The van der Waals surface area contributed by atoms with Gasteiger partial charge in [-0.25, -0.2) is 0 Å². The van der Waals surface area contributed by atoms with Gasteiger partial charge in [-0.1, -0.05) is 13.8 Å². The van der Waals surface area contributed by atoms with Gasteiger partial charge in [-0.15, -0.1) is 0 Å². The molecule has 1 fully saturated rings. The molecule has 1 saturated heterocycles. The Hall–Kier alpha value is -0.570. The van der Waals surface area contributed by atoms with Gasteiger partial charge >= 0.3 is 0 Å². The SMILES string of the molecule is COC(C)C(=O)N1CCCC1C(C)C. The maximum Gasteiger partial charge on any atom is 0.251 e. The summed E-state index contributed by atoms with van der Waals surface area (Å²) in [6.07, 6.45) is 1.97. The van der Waals surface area contributed by atoms with Crippen molar-refractivity contribution in [2.24, 2.45) is 5.92 Å². The minimum Gasteiger partial charge on any atom is -0.372 e. The van der Waals surface area contributed by atoms with E-state index in [-0.39, 0.29) is 12.0 Å². The van der Waals surface area contributed by atoms with E-state index < -0.39 is 0 Å². The highest BCUT2D eigenvalue weighted by atomic mass is 16.5. The maximum absolute atomic E-state index is 11.9. The first-order valence-corrected chi connectivity index (χ1v) is 5.41. The number of carbonyl (C=O) groups excluding carboxylic acids is 1. The highest BCUT2D eigenvalue weighted by Crippen LogP contribution is 2.24. The molecule has 0 aromatic carbocycles. The van der Waals surface area contributed by atoms with E-state index in [1.54, 1.807) is 7.11 Å². The fourth-order valence-electron chi connectivity index (χ4n) is 2.09. The molecule has 0 aliphatic carbocycles. The number of nitrogens with zero attached hydrogens (tertiary/aromatic N) is 1. The maximum atomic E-state index is 11.9. The highest BCUT2D eigenvalue weighted by molar-refractivity contribution is 5.81. The molecule has 1 heterocycles. The molecule has 1 aliphatic rings. The van der Waals surface area contributed by atoms with Crippen LogP contribution in [0.15, 0.2) is 0 Å². The molecule has 0 N–H and O–H groups in total. The van der Waals surface area contributed by atoms with E-state index in [2.05, 4.69) is 13.8 Å². The van der Waals surface area contributed by atoms with Gasteiger partial charge < -0.3 is 9.64 Å². The second kappa shape index (κ2) is 4.78. The molecule has 0 radical (unpaired) electrons. The predicted octanol–water partition coefficient (Wildman–Crippen LogP) is 1.67. The Morgan fingerprint density at radius 2 is 2.07 bits per heavy atom. The molecule has 82 valence electrons. The third-order valence-electron chi connectivity index (χ3n) is 3.05. The van der Waals surface area contributed by atoms with Crippen LogP contribution < -0.4 is 0 Å². The lowest BCUT2D eigenvalue weighted by molar-refractivity contribution is -0.142. The molecule has 2 unspecified atom stereocenters. The van der Waals surface area contributed by atoms with Crippen molar-refractivity contribution in [2.75, 3.05) is 13.7 Å². The zero-order valence-corrected chi connectivity index (χ0v) is 9.62. The Morgan fingerprint density at radius 3 is 2.57 bits per heavy atom. The monoisotopic (exact) mass is 199 g/mol. The average Bonchev–Trinajstić information content (AvgIpc) is 2.63. The number of carbonyl (C=O) groups is 1. The van der Waals surface area contributed by atoms with Crippen LogP contribution in [0.25, 0.3) is 0 Å². The number of methoxy groups -OCH3 is 1. The lowest BCUT2D eigenvalue weighted by atomic mass is 10.0. The van der Waals surface area contributed by atoms with Gasteiger partial charge in [-0.3, -0.25) is 4.79 Å². The van der Waals surface area contributed by atoms with Gasteiger partial charge in [0.15, 0.2) is 0 Å². The topological polar surface area (TPSA) is 29.5 Å². The Balaban J connectivity index is 2.62. The van der Waals surface area contributed by atoms with Gasteiger partial charge in [0, 0.05) is 19.7 Å². The summed E-state index contributed by atoms with van der Waals surface area (Å²) in [6.45, 7) is 7.06. The minimum absolute atomic E-state index is 0.142. The van der Waals surface area contributed by atoms with Crippen LogP contribution in [0.3, 0.4) is 0 Å². The van der Waals surface area contributed by atoms with E-state index in [0.29, 0.717) is 12.0 Å². The molecule has 1 aliphatic heterocycles. The summed E-state index contributed by atoms with van der Waals surface area (Å²) in [5.41, 5.74) is 0. The molecule has 0 saturated carbocycles. The van der Waals surface area contributed by atoms with Gasteiger partial charge in [0.25, 0.3) is 5.91 Å². The van der Waals surface area contributed by atoms with Crippen LogP contribution in [0.4, 0.5) is 0 Å². The molecular weight excluding hydrogens is 178 g/mol. The van der Waals surface area contributed by atoms with Gasteiger partial charge in [0.05, 0.1) is 0 Å². The lowest BCUT2D eigenvalue weighted by Crippen LogP contribution is -2.43. The Labute approximate surface area is 86.4 Å². The standard InChI is InChI=1S/C11H21NO2/c1-8(2)10-6-5-7-12(10)11(13)9(3)14-4/h8-10H,5-7H2,1-4H3. The summed E-state index contributed by atoms with van der Waals surface area (Å²) in [5.74, 6) is 0.689. The van der Waals surface area contributed by atoms with Crippen molar-refractivity contribution in [3.63, 3.8) is 0 Å². The van der Waals surface area contributed by atoms with Crippen LogP contribution in [0.2, 0.25) is 0 Å². The molecule has 3 heteroatoms. The van der Waals surface area contributed by atoms with Gasteiger partial charge in [0.1, 0.15) is 6.10 Å². The van der Waals surface area contributed by atoms with Gasteiger partial charge in [0.2, 0.25) is 0 Å². The van der Waals surface area contributed by atoms with Crippen molar-refractivity contribution in [3.05, 3.63) is 0 Å². The Morgan fingerprint density at radius 1 is 1.43 bits per heavy atom. The third-order valence-corrected chi connectivity index (χ3v) is 3.05. The second-order valence-electron chi connectivity index (χ2n) is 4.36. The van der Waals surface area contributed by atoms with Crippen LogP contribution in [0.5, 0.6) is 0 Å². The largest absolute Gasteiger partial charge is 0.372 e. The summed E-state index contributed by atoms with van der Waals surface area (Å²) in [7, 11) is 1.59. The van der Waals surface area contributed by atoms with Crippen LogP contribution in [-0.2, 0) is 9.53 Å². The molecule has 1 amide bonds. The molecule has 0 aromatic rings. The molecule has 0 aromatic heterocycles. The van der Waals surface area contributed by atoms with Crippen molar-refractivity contribution in [3.8, 4) is 0 Å². The quantitative estimate of drug-likeness (QED) is 0.692. The van der Waals surface area contributed by atoms with Crippen molar-refractivity contribution >= 4 is 5.91 Å². The Kier molecular flexibility index (Phi) is 3.93. The van der Waals surface area contributed by atoms with Crippen LogP contribution in [0.1, 0.15) is 33.6 Å². The fourth-order valence-corrected chi connectivity index (χ4v) is 2.09. The number of ether oxygens (including phenoxy) is 1. The molecule has 0 bridgehead atoms. The summed E-state index contributed by atoms with van der Waals surface area (Å²) < 4.78 is 5.06. The summed E-state index contributed by atoms with van der Waals surface area (Å²) in [6, 6.07) is 0.417. The zero-order chi connectivity index (χ0) is 10.7. The molecule has 3 nitrogen and oxygen atoms in total. The number of amides is 1. The van der Waals surface area contributed by atoms with Crippen molar-refractivity contribution in [1.82, 2.24) is 4.90 Å². The van der Waals surface area contributed by atoms with Crippen LogP contribution in [-0.4, -0.2) is 36.6 Å². The first kappa shape index (κ1) is 11.5. The van der Waals surface area contributed by atoms with Crippen molar-refractivity contribution < 1.29 is 9.53 Å². The number of hydrogen-bond donors (Lipinski definition) is 0. The molecule has 14 heavy (non-hydrogen) atoms. The average molecular weight is 199 g/mol. The minimum atomic E-state index is -0.297. The van der Waals surface area contributed by atoms with Crippen LogP contribution >= 0.6 is 0 Å². The first-order valence-electron chi connectivity index (χ1n) is 5.41. The lowest BCUT2D eigenvalue weighted by Gasteiger charge is -2.29. The van der Waals surface area contributed by atoms with E-state index >= 15 is 0 Å². The predicted molar refractivity (Wildman–Crippen MR) is 56.0 cm³/mol. The van der Waals surface area contributed by atoms with Crippen molar-refractivity contribution in [1.29, 1.82) is 0 Å². The smallest absolute Gasteiger partial charge is 0.251 e. The number of rotatable bonds is 3. The van der Waals surface area contributed by atoms with Crippen molar-refractivity contribution in [2.45, 2.75) is 45.8 Å². The molecule has 2 atom stereocenters. The van der Waals surface area contributed by atoms with Gasteiger partial charge in [-0.05, 0) is 25.7 Å². The Bertz CT molecular complexity index is 203. The third kappa shape index (κ3) is 2.27. The fraction of sp³-hybridized carbons (Fsp3) is 0.909. The van der Waals surface area contributed by atoms with Crippen LogP contribution in [0, 0.1) is 5.92 Å². The second-order valence-corrected chi connectivity index (χ2v) is 4.36. The van der Waals surface area contributed by atoms with E-state index in [0.717, 1.165) is 19.4 Å². The molecular formula is C11H21NO2. The zero-order valence-electron chi connectivity index (χ0n) is 9.62.